The van der Waals surface area contributed by atoms with Gasteiger partial charge < -0.3 is 9.64 Å². The molecule has 0 aromatic heterocycles. The molecule has 124 valence electrons. The predicted molar refractivity (Wildman–Crippen MR) is 83.0 cm³/mol. The third kappa shape index (κ3) is 7.24. The summed E-state index contributed by atoms with van der Waals surface area (Å²) in [5.41, 5.74) is -0.698. The predicted octanol–water partition coefficient (Wildman–Crippen LogP) is 0.427. The van der Waals surface area contributed by atoms with Crippen molar-refractivity contribution in [3.05, 3.63) is 0 Å². The van der Waals surface area contributed by atoms with E-state index in [1.165, 1.54) is 6.26 Å². The summed E-state index contributed by atoms with van der Waals surface area (Å²) in [5.74, 6) is -0.0937. The lowest BCUT2D eigenvalue weighted by molar-refractivity contribution is -0.151. The second-order valence-electron chi connectivity index (χ2n) is 6.15. The molecule has 1 N–H and O–H groups in total. The molecule has 6 nitrogen and oxygen atoms in total. The molecule has 1 saturated carbocycles. The summed E-state index contributed by atoms with van der Waals surface area (Å²) >= 11 is 0. The van der Waals surface area contributed by atoms with Crippen LogP contribution in [0.1, 0.15) is 33.1 Å². The van der Waals surface area contributed by atoms with Gasteiger partial charge in [0, 0.05) is 25.4 Å². The highest BCUT2D eigenvalue weighted by molar-refractivity contribution is 7.90. The van der Waals surface area contributed by atoms with E-state index in [4.69, 9.17) is 4.74 Å². The number of rotatable bonds is 10. The second kappa shape index (κ2) is 7.56. The average molecular weight is 320 g/mol. The molecule has 1 unspecified atom stereocenters. The maximum Gasteiger partial charge on any atom is 0.326 e. The molecular formula is C14H28N2O4S. The highest BCUT2D eigenvalue weighted by atomic mass is 32.2. The van der Waals surface area contributed by atoms with Crippen molar-refractivity contribution in [3.8, 4) is 0 Å². The summed E-state index contributed by atoms with van der Waals surface area (Å²) in [7, 11) is -1.09. The molecule has 0 amide bonds. The van der Waals surface area contributed by atoms with Gasteiger partial charge in [0.1, 0.15) is 15.4 Å². The minimum Gasteiger partial charge on any atom is -0.465 e. The Bertz CT molecular complexity index is 448. The van der Waals surface area contributed by atoms with E-state index in [9.17, 15) is 13.2 Å². The van der Waals surface area contributed by atoms with Crippen LogP contribution in [0.15, 0.2) is 0 Å². The standard InChI is InChI=1S/C14H28N2O4S/c1-5-20-13(17)14(2,15-12-6-7-12)8-9-16(3)10-11-21(4,18)19/h12,15H,5-11H2,1-4H3. The lowest BCUT2D eigenvalue weighted by Gasteiger charge is -2.30. The summed E-state index contributed by atoms with van der Waals surface area (Å²) in [4.78, 5) is 14.1. The van der Waals surface area contributed by atoms with Crippen LogP contribution in [0.2, 0.25) is 0 Å². The van der Waals surface area contributed by atoms with Crippen molar-refractivity contribution in [2.24, 2.45) is 0 Å². The summed E-state index contributed by atoms with van der Waals surface area (Å²) in [6, 6.07) is 0.403. The van der Waals surface area contributed by atoms with Gasteiger partial charge in [-0.25, -0.2) is 8.42 Å². The lowest BCUT2D eigenvalue weighted by Crippen LogP contribution is -2.53. The van der Waals surface area contributed by atoms with Gasteiger partial charge in [0.25, 0.3) is 0 Å². The number of sulfone groups is 1. The normalized spacial score (nSPS) is 18.5. The first-order valence-electron chi connectivity index (χ1n) is 7.47. The minimum atomic E-state index is -2.96. The first-order valence-corrected chi connectivity index (χ1v) is 9.53. The molecular weight excluding hydrogens is 292 g/mol. The van der Waals surface area contributed by atoms with Crippen molar-refractivity contribution in [2.75, 3.05) is 38.8 Å². The molecule has 7 heteroatoms. The van der Waals surface area contributed by atoms with Crippen molar-refractivity contribution >= 4 is 15.8 Å². The number of esters is 1. The monoisotopic (exact) mass is 320 g/mol. The average Bonchev–Trinajstić information content (AvgIpc) is 3.17. The number of ether oxygens (including phenoxy) is 1. The third-order valence-corrected chi connectivity index (χ3v) is 4.59. The van der Waals surface area contributed by atoms with Crippen LogP contribution in [-0.2, 0) is 19.4 Å². The third-order valence-electron chi connectivity index (χ3n) is 3.66. The van der Waals surface area contributed by atoms with Gasteiger partial charge in [-0.3, -0.25) is 10.1 Å². The fourth-order valence-electron chi connectivity index (χ4n) is 2.05. The fraction of sp³-hybridized carbons (Fsp3) is 0.929. The Balaban J connectivity index is 2.50. The molecule has 1 fully saturated rings. The maximum absolute atomic E-state index is 12.2. The van der Waals surface area contributed by atoms with E-state index in [0.717, 1.165) is 12.8 Å². The first-order chi connectivity index (χ1) is 9.66. The molecule has 0 saturated heterocycles. The molecule has 0 radical (unpaired) electrons. The van der Waals surface area contributed by atoms with Crippen molar-refractivity contribution in [2.45, 2.75) is 44.7 Å². The van der Waals surface area contributed by atoms with Crippen LogP contribution in [0.25, 0.3) is 0 Å². The van der Waals surface area contributed by atoms with Crippen molar-refractivity contribution < 1.29 is 17.9 Å². The van der Waals surface area contributed by atoms with Crippen LogP contribution < -0.4 is 5.32 Å². The smallest absolute Gasteiger partial charge is 0.326 e. The largest absolute Gasteiger partial charge is 0.465 e. The molecule has 1 aliphatic carbocycles. The van der Waals surface area contributed by atoms with E-state index in [0.29, 0.717) is 32.2 Å². The van der Waals surface area contributed by atoms with Gasteiger partial charge in [0.2, 0.25) is 0 Å². The Hall–Kier alpha value is -0.660. The van der Waals surface area contributed by atoms with Gasteiger partial charge in [-0.05, 0) is 40.2 Å². The van der Waals surface area contributed by atoms with Gasteiger partial charge in [0.15, 0.2) is 0 Å². The van der Waals surface area contributed by atoms with Crippen LogP contribution in [0, 0.1) is 0 Å². The second-order valence-corrected chi connectivity index (χ2v) is 8.41. The summed E-state index contributed by atoms with van der Waals surface area (Å²) < 4.78 is 27.5. The summed E-state index contributed by atoms with van der Waals surface area (Å²) in [5, 5.41) is 3.36. The van der Waals surface area contributed by atoms with Gasteiger partial charge in [-0.1, -0.05) is 0 Å². The molecule has 1 atom stereocenters. The quantitative estimate of drug-likeness (QED) is 0.588. The molecule has 0 aromatic rings. The van der Waals surface area contributed by atoms with E-state index in [1.807, 2.05) is 18.9 Å². The van der Waals surface area contributed by atoms with Crippen LogP contribution in [0.3, 0.4) is 0 Å². The van der Waals surface area contributed by atoms with Gasteiger partial charge in [-0.2, -0.15) is 0 Å². The van der Waals surface area contributed by atoms with E-state index < -0.39 is 15.4 Å². The Morgan fingerprint density at radius 2 is 2.00 bits per heavy atom. The van der Waals surface area contributed by atoms with E-state index in [-0.39, 0.29) is 11.7 Å². The maximum atomic E-state index is 12.2. The number of hydrogen-bond acceptors (Lipinski definition) is 6. The van der Waals surface area contributed by atoms with Crippen molar-refractivity contribution in [1.29, 1.82) is 0 Å². The molecule has 21 heavy (non-hydrogen) atoms. The van der Waals surface area contributed by atoms with Crippen LogP contribution >= 0.6 is 0 Å². The number of carbonyl (C=O) groups is 1. The number of nitrogens with one attached hydrogen (secondary N) is 1. The Morgan fingerprint density at radius 3 is 2.48 bits per heavy atom. The van der Waals surface area contributed by atoms with Crippen molar-refractivity contribution in [3.63, 3.8) is 0 Å². The Labute approximate surface area is 128 Å². The topological polar surface area (TPSA) is 75.7 Å². The SMILES string of the molecule is CCOC(=O)C(C)(CCN(C)CCS(C)(=O)=O)NC1CC1. The van der Waals surface area contributed by atoms with E-state index in [2.05, 4.69) is 5.32 Å². The lowest BCUT2D eigenvalue weighted by atomic mass is 9.97. The van der Waals surface area contributed by atoms with E-state index >= 15 is 0 Å². The van der Waals surface area contributed by atoms with Crippen LogP contribution in [0.5, 0.6) is 0 Å². The van der Waals surface area contributed by atoms with Crippen LogP contribution in [-0.4, -0.2) is 69.6 Å². The highest BCUT2D eigenvalue weighted by Crippen LogP contribution is 2.25. The zero-order valence-corrected chi connectivity index (χ0v) is 14.3. The number of hydrogen-bond donors (Lipinski definition) is 1. The van der Waals surface area contributed by atoms with Crippen LogP contribution in [0.4, 0.5) is 0 Å². The number of nitrogens with zero attached hydrogens (tertiary/aromatic N) is 1. The van der Waals surface area contributed by atoms with Crippen molar-refractivity contribution in [1.82, 2.24) is 10.2 Å². The van der Waals surface area contributed by atoms with E-state index in [1.54, 1.807) is 6.92 Å². The van der Waals surface area contributed by atoms with Gasteiger partial charge in [0.05, 0.1) is 12.4 Å². The first kappa shape index (κ1) is 18.4. The summed E-state index contributed by atoms with van der Waals surface area (Å²) in [6.07, 6.45) is 4.03. The zero-order chi connectivity index (χ0) is 16.1. The van der Waals surface area contributed by atoms with Gasteiger partial charge >= 0.3 is 5.97 Å². The summed E-state index contributed by atoms with van der Waals surface area (Å²) in [6.45, 7) is 5.15. The molecule has 0 spiro atoms. The molecule has 0 bridgehead atoms. The zero-order valence-electron chi connectivity index (χ0n) is 13.5. The molecule has 0 heterocycles. The minimum absolute atomic E-state index is 0.135. The Kier molecular flexibility index (Phi) is 6.62. The molecule has 0 aromatic carbocycles. The highest BCUT2D eigenvalue weighted by Gasteiger charge is 2.39. The molecule has 0 aliphatic heterocycles. The number of carbonyl (C=O) groups excluding carboxylic acids is 1. The molecule has 1 aliphatic rings. The fourth-order valence-corrected chi connectivity index (χ4v) is 2.69. The van der Waals surface area contributed by atoms with Gasteiger partial charge in [-0.15, -0.1) is 0 Å². The molecule has 1 rings (SSSR count). The Morgan fingerprint density at radius 1 is 1.38 bits per heavy atom.